The van der Waals surface area contributed by atoms with E-state index in [0.717, 1.165) is 19.5 Å². The summed E-state index contributed by atoms with van der Waals surface area (Å²) in [5.74, 6) is -0.979. The van der Waals surface area contributed by atoms with Gasteiger partial charge in [0.2, 0.25) is 5.91 Å². The third-order valence-electron chi connectivity index (χ3n) is 3.00. The molecule has 5 nitrogen and oxygen atoms in total. The second-order valence-corrected chi connectivity index (χ2v) is 4.57. The van der Waals surface area contributed by atoms with Crippen molar-refractivity contribution in [3.8, 4) is 0 Å². The molecule has 5 heteroatoms. The standard InChI is InChI=1S/C11H20N2O3/c1-8(2)13-6-4-5-12(3)9(11(13)16)7-10(14)15/h8-9H,4-7H2,1-3H3,(H,14,15). The van der Waals surface area contributed by atoms with Crippen LogP contribution in [0.15, 0.2) is 0 Å². The lowest BCUT2D eigenvalue weighted by Gasteiger charge is -2.29. The van der Waals surface area contributed by atoms with E-state index < -0.39 is 12.0 Å². The van der Waals surface area contributed by atoms with Gasteiger partial charge >= 0.3 is 5.97 Å². The summed E-state index contributed by atoms with van der Waals surface area (Å²) < 4.78 is 0. The summed E-state index contributed by atoms with van der Waals surface area (Å²) in [5, 5.41) is 8.82. The maximum atomic E-state index is 12.2. The minimum absolute atomic E-state index is 0.0580. The predicted molar refractivity (Wildman–Crippen MR) is 60.1 cm³/mol. The van der Waals surface area contributed by atoms with Crippen LogP contribution in [-0.4, -0.2) is 59.0 Å². The van der Waals surface area contributed by atoms with Crippen molar-refractivity contribution < 1.29 is 14.7 Å². The first-order valence-corrected chi connectivity index (χ1v) is 5.66. The molecule has 0 aromatic carbocycles. The first kappa shape index (κ1) is 13.0. The van der Waals surface area contributed by atoms with Crippen molar-refractivity contribution in [2.75, 3.05) is 20.1 Å². The van der Waals surface area contributed by atoms with E-state index in [1.807, 2.05) is 25.8 Å². The van der Waals surface area contributed by atoms with Gasteiger partial charge < -0.3 is 10.0 Å². The van der Waals surface area contributed by atoms with Gasteiger partial charge in [0.05, 0.1) is 12.5 Å². The fourth-order valence-electron chi connectivity index (χ4n) is 2.06. The van der Waals surface area contributed by atoms with E-state index in [0.29, 0.717) is 0 Å². The van der Waals surface area contributed by atoms with E-state index in [4.69, 9.17) is 5.11 Å². The van der Waals surface area contributed by atoms with Gasteiger partial charge in [-0.05, 0) is 27.3 Å². The Balaban J connectivity index is 2.83. The van der Waals surface area contributed by atoms with E-state index in [-0.39, 0.29) is 18.4 Å². The highest BCUT2D eigenvalue weighted by atomic mass is 16.4. The largest absolute Gasteiger partial charge is 0.481 e. The van der Waals surface area contributed by atoms with Gasteiger partial charge in [-0.1, -0.05) is 0 Å². The predicted octanol–water partition coefficient (Wildman–Crippen LogP) is 0.402. The van der Waals surface area contributed by atoms with Gasteiger partial charge in [0.15, 0.2) is 0 Å². The molecule has 0 saturated carbocycles. The molecule has 0 spiro atoms. The van der Waals surface area contributed by atoms with Gasteiger partial charge in [0, 0.05) is 19.1 Å². The fraction of sp³-hybridized carbons (Fsp3) is 0.818. The van der Waals surface area contributed by atoms with Crippen molar-refractivity contribution in [1.29, 1.82) is 0 Å². The molecule has 1 heterocycles. The van der Waals surface area contributed by atoms with Gasteiger partial charge in [0.1, 0.15) is 0 Å². The molecule has 1 fully saturated rings. The Bertz CT molecular complexity index is 278. The lowest BCUT2D eigenvalue weighted by Crippen LogP contribution is -2.47. The maximum absolute atomic E-state index is 12.2. The Morgan fingerprint density at radius 2 is 2.12 bits per heavy atom. The second kappa shape index (κ2) is 5.30. The van der Waals surface area contributed by atoms with Crippen LogP contribution in [0.1, 0.15) is 26.7 Å². The molecule has 1 aliphatic rings. The Hall–Kier alpha value is -1.10. The Kier molecular flexibility index (Phi) is 4.29. The molecule has 1 aliphatic heterocycles. The highest BCUT2D eigenvalue weighted by Crippen LogP contribution is 2.15. The summed E-state index contributed by atoms with van der Waals surface area (Å²) in [6, 6.07) is -0.377. The van der Waals surface area contributed by atoms with E-state index in [1.54, 1.807) is 4.90 Å². The summed E-state index contributed by atoms with van der Waals surface area (Å²) in [4.78, 5) is 26.5. The zero-order valence-electron chi connectivity index (χ0n) is 10.1. The molecule has 0 radical (unpaired) electrons. The highest BCUT2D eigenvalue weighted by molar-refractivity contribution is 5.86. The number of likely N-dealkylation sites (N-methyl/N-ethyl adjacent to an activating group) is 1. The van der Waals surface area contributed by atoms with E-state index >= 15 is 0 Å². The Morgan fingerprint density at radius 3 is 2.62 bits per heavy atom. The number of carboxylic acids is 1. The van der Waals surface area contributed by atoms with E-state index in [1.165, 1.54) is 0 Å². The molecule has 0 aliphatic carbocycles. The molecular formula is C11H20N2O3. The topological polar surface area (TPSA) is 60.9 Å². The average molecular weight is 228 g/mol. The van der Waals surface area contributed by atoms with Crippen molar-refractivity contribution in [2.24, 2.45) is 0 Å². The number of carbonyl (C=O) groups is 2. The molecule has 1 rings (SSSR count). The normalized spacial score (nSPS) is 23.6. The van der Waals surface area contributed by atoms with Crippen LogP contribution in [0.25, 0.3) is 0 Å². The van der Waals surface area contributed by atoms with Crippen LogP contribution in [0.4, 0.5) is 0 Å². The third-order valence-corrected chi connectivity index (χ3v) is 3.00. The van der Waals surface area contributed by atoms with Crippen molar-refractivity contribution in [1.82, 2.24) is 9.80 Å². The fourth-order valence-corrected chi connectivity index (χ4v) is 2.06. The van der Waals surface area contributed by atoms with Crippen LogP contribution >= 0.6 is 0 Å². The van der Waals surface area contributed by atoms with Gasteiger partial charge in [0.25, 0.3) is 0 Å². The molecular weight excluding hydrogens is 208 g/mol. The van der Waals surface area contributed by atoms with Gasteiger partial charge in [-0.2, -0.15) is 0 Å². The second-order valence-electron chi connectivity index (χ2n) is 4.57. The van der Waals surface area contributed by atoms with Crippen LogP contribution in [0.3, 0.4) is 0 Å². The molecule has 0 bridgehead atoms. The average Bonchev–Trinajstić information content (AvgIpc) is 2.30. The van der Waals surface area contributed by atoms with Gasteiger partial charge in [-0.3, -0.25) is 14.5 Å². The molecule has 0 aromatic heterocycles. The lowest BCUT2D eigenvalue weighted by molar-refractivity contribution is -0.145. The van der Waals surface area contributed by atoms with Crippen molar-refractivity contribution in [2.45, 2.75) is 38.8 Å². The Labute approximate surface area is 96.0 Å². The van der Waals surface area contributed by atoms with E-state index in [2.05, 4.69) is 0 Å². The number of amides is 1. The number of aliphatic carboxylic acids is 1. The summed E-state index contributed by atoms with van der Waals surface area (Å²) >= 11 is 0. The first-order valence-electron chi connectivity index (χ1n) is 5.66. The number of hydrogen-bond donors (Lipinski definition) is 1. The SMILES string of the molecule is CC(C)N1CCCN(C)C(CC(=O)O)C1=O. The monoisotopic (exact) mass is 228 g/mol. The highest BCUT2D eigenvalue weighted by Gasteiger charge is 2.33. The van der Waals surface area contributed by atoms with Crippen molar-refractivity contribution in [3.63, 3.8) is 0 Å². The number of rotatable bonds is 3. The molecule has 1 atom stereocenters. The number of hydrogen-bond acceptors (Lipinski definition) is 3. The smallest absolute Gasteiger partial charge is 0.305 e. The summed E-state index contributed by atoms with van der Waals surface area (Å²) in [6.07, 6.45) is 0.787. The molecule has 16 heavy (non-hydrogen) atoms. The van der Waals surface area contributed by atoms with Crippen LogP contribution < -0.4 is 0 Å². The number of nitrogens with zero attached hydrogens (tertiary/aromatic N) is 2. The first-order chi connectivity index (χ1) is 7.43. The molecule has 1 amide bonds. The maximum Gasteiger partial charge on any atom is 0.305 e. The summed E-state index contributed by atoms with van der Waals surface area (Å²) in [7, 11) is 1.81. The molecule has 0 aromatic rings. The van der Waals surface area contributed by atoms with Crippen LogP contribution in [0, 0.1) is 0 Å². The minimum Gasteiger partial charge on any atom is -0.481 e. The third kappa shape index (κ3) is 2.95. The van der Waals surface area contributed by atoms with Crippen LogP contribution in [-0.2, 0) is 9.59 Å². The molecule has 1 N–H and O–H groups in total. The quantitative estimate of drug-likeness (QED) is 0.759. The van der Waals surface area contributed by atoms with Crippen LogP contribution in [0.5, 0.6) is 0 Å². The Morgan fingerprint density at radius 1 is 1.50 bits per heavy atom. The number of carboxylic acid groups (broad SMARTS) is 1. The molecule has 1 saturated heterocycles. The number of carbonyl (C=O) groups excluding carboxylic acids is 1. The summed E-state index contributed by atoms with van der Waals surface area (Å²) in [6.45, 7) is 5.41. The summed E-state index contributed by atoms with van der Waals surface area (Å²) in [5.41, 5.74) is 0. The zero-order valence-corrected chi connectivity index (χ0v) is 10.1. The molecule has 92 valence electrons. The minimum atomic E-state index is -0.921. The zero-order chi connectivity index (χ0) is 12.3. The molecule has 1 unspecified atom stereocenters. The van der Waals surface area contributed by atoms with Crippen molar-refractivity contribution >= 4 is 11.9 Å². The lowest BCUT2D eigenvalue weighted by atomic mass is 10.1. The van der Waals surface area contributed by atoms with Gasteiger partial charge in [-0.15, -0.1) is 0 Å². The van der Waals surface area contributed by atoms with Crippen molar-refractivity contribution in [3.05, 3.63) is 0 Å². The van der Waals surface area contributed by atoms with Gasteiger partial charge in [-0.25, -0.2) is 0 Å². The van der Waals surface area contributed by atoms with E-state index in [9.17, 15) is 9.59 Å². The van der Waals surface area contributed by atoms with Crippen LogP contribution in [0.2, 0.25) is 0 Å².